The maximum Gasteiger partial charge on any atom is 0.265 e. The Morgan fingerprint density at radius 2 is 2.07 bits per heavy atom. The minimum Gasteiger partial charge on any atom is -0.492 e. The molecule has 7 heteroatoms. The van der Waals surface area contributed by atoms with Gasteiger partial charge in [-0.25, -0.2) is 12.8 Å². The first-order valence-corrected chi connectivity index (χ1v) is 6.44. The van der Waals surface area contributed by atoms with Gasteiger partial charge in [-0.3, -0.25) is 0 Å². The predicted octanol–water partition coefficient (Wildman–Crippen LogP) is 2.52. The number of hydrogen-bond acceptors (Lipinski definition) is 3. The van der Waals surface area contributed by atoms with Crippen molar-refractivity contribution < 1.29 is 17.5 Å². The van der Waals surface area contributed by atoms with Crippen molar-refractivity contribution in [3.05, 3.63) is 22.4 Å². The fraction of sp³-hybridized carbons (Fsp3) is 0.143. The predicted molar refractivity (Wildman–Crippen MR) is 53.7 cm³/mol. The molecule has 0 radical (unpaired) electrons. The van der Waals surface area contributed by atoms with E-state index in [1.165, 1.54) is 6.07 Å². The van der Waals surface area contributed by atoms with Gasteiger partial charge in [0.05, 0.1) is 7.11 Å². The van der Waals surface area contributed by atoms with Gasteiger partial charge in [0.2, 0.25) is 0 Å². The Balaban J connectivity index is 3.56. The average Bonchev–Trinajstić information content (AvgIpc) is 2.01. The van der Waals surface area contributed by atoms with Gasteiger partial charge < -0.3 is 4.74 Å². The summed E-state index contributed by atoms with van der Waals surface area (Å²) >= 11 is 2.95. The van der Waals surface area contributed by atoms with E-state index in [1.807, 2.05) is 0 Å². The summed E-state index contributed by atoms with van der Waals surface area (Å²) in [5, 5.41) is 0. The van der Waals surface area contributed by atoms with Gasteiger partial charge in [-0.15, -0.1) is 0 Å². The van der Waals surface area contributed by atoms with Gasteiger partial charge in [0, 0.05) is 15.2 Å². The third kappa shape index (κ3) is 2.37. The van der Waals surface area contributed by atoms with E-state index in [-0.39, 0.29) is 10.2 Å². The molecule has 0 N–H and O–H groups in total. The summed E-state index contributed by atoms with van der Waals surface area (Å²) < 4.78 is 40.1. The zero-order chi connectivity index (χ0) is 10.9. The van der Waals surface area contributed by atoms with Crippen molar-refractivity contribution in [2.75, 3.05) is 7.11 Å². The summed E-state index contributed by atoms with van der Waals surface area (Å²) in [5.41, 5.74) is 0. The third-order valence-electron chi connectivity index (χ3n) is 1.44. The van der Waals surface area contributed by atoms with Crippen LogP contribution in [0.5, 0.6) is 5.75 Å². The monoisotopic (exact) mass is 302 g/mol. The first kappa shape index (κ1) is 11.7. The SMILES string of the molecule is COc1c(F)cc(Br)cc1S(=O)(=O)Cl. The van der Waals surface area contributed by atoms with E-state index in [0.717, 1.165) is 13.2 Å². The van der Waals surface area contributed by atoms with Gasteiger partial charge >= 0.3 is 0 Å². The second-order valence-corrected chi connectivity index (χ2v) is 5.81. The molecule has 0 bridgehead atoms. The molecule has 0 aliphatic rings. The average molecular weight is 304 g/mol. The van der Waals surface area contributed by atoms with Gasteiger partial charge in [-0.1, -0.05) is 15.9 Å². The Labute approximate surface area is 93.4 Å². The molecule has 0 aliphatic heterocycles. The molecule has 1 aromatic carbocycles. The molecule has 0 aliphatic carbocycles. The number of halogens is 3. The second-order valence-electron chi connectivity index (χ2n) is 2.36. The van der Waals surface area contributed by atoms with Crippen molar-refractivity contribution in [3.8, 4) is 5.75 Å². The smallest absolute Gasteiger partial charge is 0.265 e. The molecule has 0 saturated carbocycles. The Hall–Kier alpha value is -0.330. The van der Waals surface area contributed by atoms with E-state index >= 15 is 0 Å². The second kappa shape index (κ2) is 4.04. The Kier molecular flexibility index (Phi) is 3.39. The van der Waals surface area contributed by atoms with Gasteiger partial charge in [0.1, 0.15) is 4.90 Å². The number of ether oxygens (including phenoxy) is 1. The minimum absolute atomic E-state index is 0.273. The summed E-state index contributed by atoms with van der Waals surface area (Å²) in [7, 11) is 2.24. The Morgan fingerprint density at radius 3 is 2.50 bits per heavy atom. The number of rotatable bonds is 2. The molecule has 3 nitrogen and oxygen atoms in total. The van der Waals surface area contributed by atoms with E-state index in [0.29, 0.717) is 0 Å². The molecule has 0 spiro atoms. The Bertz CT molecular complexity index is 460. The third-order valence-corrected chi connectivity index (χ3v) is 3.23. The van der Waals surface area contributed by atoms with Crippen LogP contribution in [-0.4, -0.2) is 15.5 Å². The zero-order valence-electron chi connectivity index (χ0n) is 6.92. The first-order valence-electron chi connectivity index (χ1n) is 3.34. The summed E-state index contributed by atoms with van der Waals surface area (Å²) in [5.74, 6) is -1.18. The van der Waals surface area contributed by atoms with Crippen molar-refractivity contribution in [3.63, 3.8) is 0 Å². The van der Waals surface area contributed by atoms with Crippen LogP contribution in [0.2, 0.25) is 0 Å². The highest BCUT2D eigenvalue weighted by molar-refractivity contribution is 9.10. The minimum atomic E-state index is -4.01. The topological polar surface area (TPSA) is 43.4 Å². The highest BCUT2D eigenvalue weighted by Crippen LogP contribution is 2.32. The molecule has 0 fully saturated rings. The first-order chi connectivity index (χ1) is 6.36. The largest absolute Gasteiger partial charge is 0.492 e. The number of benzene rings is 1. The number of methoxy groups -OCH3 is 1. The van der Waals surface area contributed by atoms with Gasteiger partial charge in [-0.05, 0) is 12.1 Å². The molecule has 78 valence electrons. The van der Waals surface area contributed by atoms with Crippen molar-refractivity contribution in [2.24, 2.45) is 0 Å². The van der Waals surface area contributed by atoms with E-state index < -0.39 is 19.8 Å². The van der Waals surface area contributed by atoms with Crippen LogP contribution in [0.1, 0.15) is 0 Å². The van der Waals surface area contributed by atoms with Gasteiger partial charge in [0.15, 0.2) is 11.6 Å². The summed E-state index contributed by atoms with van der Waals surface area (Å²) in [6.07, 6.45) is 0. The highest BCUT2D eigenvalue weighted by atomic mass is 79.9. The zero-order valence-corrected chi connectivity index (χ0v) is 10.1. The van der Waals surface area contributed by atoms with Crippen LogP contribution in [0.3, 0.4) is 0 Å². The molecular weight excluding hydrogens is 298 g/mol. The van der Waals surface area contributed by atoms with Crippen molar-refractivity contribution in [1.29, 1.82) is 0 Å². The van der Waals surface area contributed by atoms with Crippen molar-refractivity contribution >= 4 is 35.7 Å². The molecule has 0 unspecified atom stereocenters. The van der Waals surface area contributed by atoms with Crippen LogP contribution in [-0.2, 0) is 9.05 Å². The highest BCUT2D eigenvalue weighted by Gasteiger charge is 2.20. The molecule has 0 saturated heterocycles. The lowest BCUT2D eigenvalue weighted by Gasteiger charge is -2.06. The molecule has 0 amide bonds. The van der Waals surface area contributed by atoms with Crippen LogP contribution in [0.15, 0.2) is 21.5 Å². The van der Waals surface area contributed by atoms with E-state index in [2.05, 4.69) is 20.7 Å². The maximum absolute atomic E-state index is 13.2. The number of hydrogen-bond donors (Lipinski definition) is 0. The molecule has 1 rings (SSSR count). The van der Waals surface area contributed by atoms with Gasteiger partial charge in [0.25, 0.3) is 9.05 Å². The van der Waals surface area contributed by atoms with Crippen LogP contribution in [0.25, 0.3) is 0 Å². The van der Waals surface area contributed by atoms with E-state index in [4.69, 9.17) is 10.7 Å². The molecule has 0 atom stereocenters. The quantitative estimate of drug-likeness (QED) is 0.789. The molecule has 14 heavy (non-hydrogen) atoms. The van der Waals surface area contributed by atoms with Crippen molar-refractivity contribution in [2.45, 2.75) is 4.90 Å². The normalized spacial score (nSPS) is 11.4. The fourth-order valence-corrected chi connectivity index (χ4v) is 2.51. The van der Waals surface area contributed by atoms with Crippen molar-refractivity contribution in [1.82, 2.24) is 0 Å². The molecular formula is C7H5BrClFO3S. The van der Waals surface area contributed by atoms with Crippen LogP contribution in [0, 0.1) is 5.82 Å². The van der Waals surface area contributed by atoms with E-state index in [9.17, 15) is 12.8 Å². The summed E-state index contributed by atoms with van der Waals surface area (Å²) in [4.78, 5) is -0.395. The standard InChI is InChI=1S/C7H5BrClFO3S/c1-13-7-5(10)2-4(8)3-6(7)14(9,11)12/h2-3H,1H3. The van der Waals surface area contributed by atoms with Crippen LogP contribution >= 0.6 is 26.6 Å². The lowest BCUT2D eigenvalue weighted by Crippen LogP contribution is -1.98. The maximum atomic E-state index is 13.2. The van der Waals surface area contributed by atoms with Gasteiger partial charge in [-0.2, -0.15) is 0 Å². The molecule has 0 aromatic heterocycles. The van der Waals surface area contributed by atoms with Crippen LogP contribution < -0.4 is 4.74 Å². The molecule has 0 heterocycles. The van der Waals surface area contributed by atoms with E-state index in [1.54, 1.807) is 0 Å². The lowest BCUT2D eigenvalue weighted by molar-refractivity contribution is 0.374. The fourth-order valence-electron chi connectivity index (χ4n) is 0.916. The summed E-state index contributed by atoms with van der Waals surface area (Å²) in [6, 6.07) is 2.26. The lowest BCUT2D eigenvalue weighted by atomic mass is 10.3. The molecule has 1 aromatic rings. The Morgan fingerprint density at radius 1 is 1.50 bits per heavy atom. The summed E-state index contributed by atoms with van der Waals surface area (Å²) in [6.45, 7) is 0. The van der Waals surface area contributed by atoms with Crippen LogP contribution in [0.4, 0.5) is 4.39 Å².